The molecule has 0 fully saturated rings. The minimum absolute atomic E-state index is 0.0685. The van der Waals surface area contributed by atoms with E-state index in [1.54, 1.807) is 18.2 Å². The molecule has 0 bridgehead atoms. The minimum Gasteiger partial charge on any atom is -0.482 e. The Kier molecular flexibility index (Phi) is 6.54. The first-order chi connectivity index (χ1) is 15.5. The molecule has 1 heterocycles. The molecule has 0 aliphatic heterocycles. The fourth-order valence-electron chi connectivity index (χ4n) is 3.35. The molecule has 0 aliphatic carbocycles. The fourth-order valence-corrected chi connectivity index (χ4v) is 3.57. The number of carbonyl (C=O) groups excluding carboxylic acids is 1. The second kappa shape index (κ2) is 9.68. The molecule has 0 aliphatic rings. The maximum atomic E-state index is 12.3. The van der Waals surface area contributed by atoms with Crippen molar-refractivity contribution in [2.45, 2.75) is 6.42 Å². The molecule has 0 unspecified atom stereocenters. The van der Waals surface area contributed by atoms with Crippen LogP contribution in [-0.4, -0.2) is 24.2 Å². The number of amides is 1. The largest absolute Gasteiger partial charge is 0.482 e. The zero-order valence-electron chi connectivity index (χ0n) is 17.0. The van der Waals surface area contributed by atoms with Gasteiger partial charge in [-0.3, -0.25) is 4.79 Å². The van der Waals surface area contributed by atoms with Gasteiger partial charge < -0.3 is 19.6 Å². The maximum Gasteiger partial charge on any atom is 0.336 e. The average Bonchev–Trinajstić information content (AvgIpc) is 2.79. The fraction of sp³-hybridized carbons (Fsp3) is 0.120. The number of carbonyl (C=O) groups is 1. The molecule has 0 radical (unpaired) electrons. The van der Waals surface area contributed by atoms with Gasteiger partial charge in [0, 0.05) is 29.8 Å². The SMILES string of the molecule is O=C(COc1cc2oc(=O)cc(-c3ccccc3)c2cc1Cl)Nc1ccc(CCO)cc1. The summed E-state index contributed by atoms with van der Waals surface area (Å²) in [5, 5.41) is 12.7. The minimum atomic E-state index is -0.494. The van der Waals surface area contributed by atoms with Crippen molar-refractivity contribution in [3.63, 3.8) is 0 Å². The first-order valence-corrected chi connectivity index (χ1v) is 10.4. The van der Waals surface area contributed by atoms with E-state index in [-0.39, 0.29) is 24.9 Å². The van der Waals surface area contributed by atoms with Crippen LogP contribution in [0.1, 0.15) is 5.56 Å². The molecule has 0 spiro atoms. The summed E-state index contributed by atoms with van der Waals surface area (Å²) in [4.78, 5) is 24.4. The van der Waals surface area contributed by atoms with Crippen LogP contribution in [0.25, 0.3) is 22.1 Å². The Balaban J connectivity index is 1.51. The predicted molar refractivity (Wildman–Crippen MR) is 124 cm³/mol. The highest BCUT2D eigenvalue weighted by atomic mass is 35.5. The van der Waals surface area contributed by atoms with E-state index in [9.17, 15) is 9.59 Å². The molecule has 7 heteroatoms. The number of benzene rings is 3. The van der Waals surface area contributed by atoms with Crippen molar-refractivity contribution in [1.82, 2.24) is 0 Å². The number of aliphatic hydroxyl groups excluding tert-OH is 1. The zero-order chi connectivity index (χ0) is 22.5. The van der Waals surface area contributed by atoms with Crippen LogP contribution in [-0.2, 0) is 11.2 Å². The number of rotatable bonds is 7. The molecule has 4 rings (SSSR count). The van der Waals surface area contributed by atoms with Gasteiger partial charge in [-0.15, -0.1) is 0 Å². The van der Waals surface area contributed by atoms with Crippen LogP contribution in [0.5, 0.6) is 5.75 Å². The highest BCUT2D eigenvalue weighted by molar-refractivity contribution is 6.33. The van der Waals surface area contributed by atoms with Gasteiger partial charge >= 0.3 is 5.63 Å². The van der Waals surface area contributed by atoms with Gasteiger partial charge in [0.1, 0.15) is 11.3 Å². The van der Waals surface area contributed by atoms with Crippen molar-refractivity contribution < 1.29 is 19.1 Å². The third-order valence-electron chi connectivity index (χ3n) is 4.88. The smallest absolute Gasteiger partial charge is 0.336 e. The third kappa shape index (κ3) is 4.99. The summed E-state index contributed by atoms with van der Waals surface area (Å²) in [6.45, 7) is -0.203. The van der Waals surface area contributed by atoms with Crippen LogP contribution in [0, 0.1) is 0 Å². The van der Waals surface area contributed by atoms with Crippen molar-refractivity contribution in [2.75, 3.05) is 18.5 Å². The summed E-state index contributed by atoms with van der Waals surface area (Å²) < 4.78 is 10.9. The van der Waals surface area contributed by atoms with E-state index in [1.807, 2.05) is 42.5 Å². The summed E-state index contributed by atoms with van der Waals surface area (Å²) in [5.41, 5.74) is 2.97. The molecule has 0 saturated carbocycles. The van der Waals surface area contributed by atoms with Gasteiger partial charge in [0.15, 0.2) is 6.61 Å². The van der Waals surface area contributed by atoms with Gasteiger partial charge in [-0.25, -0.2) is 4.79 Å². The Morgan fingerprint density at radius 1 is 1.03 bits per heavy atom. The number of hydrogen-bond donors (Lipinski definition) is 2. The van der Waals surface area contributed by atoms with E-state index < -0.39 is 5.63 Å². The molecule has 0 saturated heterocycles. The van der Waals surface area contributed by atoms with Crippen molar-refractivity contribution in [3.8, 4) is 16.9 Å². The molecule has 6 nitrogen and oxygen atoms in total. The summed E-state index contributed by atoms with van der Waals surface area (Å²) in [6, 6.07) is 21.2. The lowest BCUT2D eigenvalue weighted by molar-refractivity contribution is -0.118. The molecule has 3 aromatic carbocycles. The molecule has 162 valence electrons. The first-order valence-electron chi connectivity index (χ1n) is 9.99. The van der Waals surface area contributed by atoms with Crippen molar-refractivity contribution in [2.24, 2.45) is 0 Å². The lowest BCUT2D eigenvalue weighted by Gasteiger charge is -2.11. The monoisotopic (exact) mass is 449 g/mol. The van der Waals surface area contributed by atoms with Crippen LogP contribution < -0.4 is 15.7 Å². The standard InChI is InChI=1S/C25H20ClNO5/c26-21-12-20-19(17-4-2-1-3-5-17)13-25(30)32-22(20)14-23(21)31-15-24(29)27-18-8-6-16(7-9-18)10-11-28/h1-9,12-14,28H,10-11,15H2,(H,27,29). The quantitative estimate of drug-likeness (QED) is 0.400. The lowest BCUT2D eigenvalue weighted by Crippen LogP contribution is -2.20. The van der Waals surface area contributed by atoms with Crippen LogP contribution in [0.2, 0.25) is 5.02 Å². The summed E-state index contributed by atoms with van der Waals surface area (Å²) in [6.07, 6.45) is 0.555. The van der Waals surface area contributed by atoms with E-state index in [2.05, 4.69) is 5.32 Å². The van der Waals surface area contributed by atoms with Gasteiger partial charge in [0.05, 0.1) is 5.02 Å². The molecule has 1 aromatic heterocycles. The number of ether oxygens (including phenoxy) is 1. The van der Waals surface area contributed by atoms with Crippen LogP contribution in [0.15, 0.2) is 82.0 Å². The van der Waals surface area contributed by atoms with Crippen LogP contribution in [0.3, 0.4) is 0 Å². The zero-order valence-corrected chi connectivity index (χ0v) is 17.8. The Hall–Kier alpha value is -3.61. The van der Waals surface area contributed by atoms with E-state index in [4.69, 9.17) is 25.9 Å². The lowest BCUT2D eigenvalue weighted by atomic mass is 10.0. The normalized spacial score (nSPS) is 10.8. The number of nitrogens with one attached hydrogen (secondary N) is 1. The number of aliphatic hydroxyl groups is 1. The van der Waals surface area contributed by atoms with Crippen molar-refractivity contribution in [3.05, 3.63) is 93.8 Å². The Morgan fingerprint density at radius 2 is 1.78 bits per heavy atom. The second-order valence-corrected chi connectivity index (χ2v) is 7.54. The number of halogens is 1. The van der Waals surface area contributed by atoms with E-state index in [0.29, 0.717) is 33.7 Å². The molecular weight excluding hydrogens is 430 g/mol. The maximum absolute atomic E-state index is 12.3. The van der Waals surface area contributed by atoms with Gasteiger partial charge in [0.25, 0.3) is 5.91 Å². The summed E-state index contributed by atoms with van der Waals surface area (Å²) in [7, 11) is 0. The highest BCUT2D eigenvalue weighted by Crippen LogP contribution is 2.34. The van der Waals surface area contributed by atoms with Crippen molar-refractivity contribution >= 4 is 34.2 Å². The summed E-state index contributed by atoms with van der Waals surface area (Å²) in [5.74, 6) is -0.128. The highest BCUT2D eigenvalue weighted by Gasteiger charge is 2.13. The van der Waals surface area contributed by atoms with Gasteiger partial charge in [-0.2, -0.15) is 0 Å². The van der Waals surface area contributed by atoms with Crippen molar-refractivity contribution in [1.29, 1.82) is 0 Å². The Labute approximate surface area is 189 Å². The number of hydrogen-bond acceptors (Lipinski definition) is 5. The van der Waals surface area contributed by atoms with Gasteiger partial charge in [-0.05, 0) is 41.3 Å². The van der Waals surface area contributed by atoms with E-state index >= 15 is 0 Å². The molecule has 0 atom stereocenters. The molecule has 32 heavy (non-hydrogen) atoms. The molecular formula is C25H20ClNO5. The number of anilines is 1. The molecule has 2 N–H and O–H groups in total. The molecule has 4 aromatic rings. The van der Waals surface area contributed by atoms with Gasteiger partial charge in [0.2, 0.25) is 0 Å². The first kappa shape index (κ1) is 21.6. The van der Waals surface area contributed by atoms with Gasteiger partial charge in [-0.1, -0.05) is 54.1 Å². The second-order valence-electron chi connectivity index (χ2n) is 7.13. The average molecular weight is 450 g/mol. The topological polar surface area (TPSA) is 88.8 Å². The third-order valence-corrected chi connectivity index (χ3v) is 5.17. The molecule has 1 amide bonds. The predicted octanol–water partition coefficient (Wildman–Crippen LogP) is 4.67. The van der Waals surface area contributed by atoms with E-state index in [1.165, 1.54) is 12.1 Å². The Bertz CT molecular complexity index is 1300. The van der Waals surface area contributed by atoms with Crippen LogP contribution >= 0.6 is 11.6 Å². The summed E-state index contributed by atoms with van der Waals surface area (Å²) >= 11 is 6.40. The van der Waals surface area contributed by atoms with E-state index in [0.717, 1.165) is 11.1 Å². The Morgan fingerprint density at radius 3 is 2.50 bits per heavy atom. The van der Waals surface area contributed by atoms with Crippen LogP contribution in [0.4, 0.5) is 5.69 Å². The number of fused-ring (bicyclic) bond motifs is 1.